The van der Waals surface area contributed by atoms with Crippen molar-refractivity contribution in [1.29, 1.82) is 0 Å². The molecule has 2 heteroatoms. The zero-order chi connectivity index (χ0) is 14.7. The molecule has 2 rings (SSSR count). The van der Waals surface area contributed by atoms with Gasteiger partial charge < -0.3 is 5.32 Å². The van der Waals surface area contributed by atoms with Crippen LogP contribution in [0.4, 0.5) is 0 Å². The summed E-state index contributed by atoms with van der Waals surface area (Å²) in [6.07, 6.45) is 0. The Bertz CT molecular complexity index is 604. The summed E-state index contributed by atoms with van der Waals surface area (Å²) in [5.41, 5.74) is 6.84. The minimum atomic E-state index is 0.271. The quantitative estimate of drug-likeness (QED) is 0.744. The first-order chi connectivity index (χ1) is 9.54. The van der Waals surface area contributed by atoms with E-state index in [4.69, 9.17) is 0 Å². The average molecular weight is 379 g/mol. The molecular weight excluding hydrogens is 357 g/mol. The maximum absolute atomic E-state index is 3.64. The largest absolute Gasteiger partial charge is 0.306 e. The molecule has 0 radical (unpaired) electrons. The summed E-state index contributed by atoms with van der Waals surface area (Å²) in [7, 11) is 0. The molecule has 0 heterocycles. The van der Waals surface area contributed by atoms with Crippen molar-refractivity contribution in [2.75, 3.05) is 6.54 Å². The van der Waals surface area contributed by atoms with Crippen LogP contribution >= 0.6 is 22.6 Å². The molecule has 1 N–H and O–H groups in total. The Morgan fingerprint density at radius 2 is 1.60 bits per heavy atom. The Hall–Kier alpha value is -0.870. The van der Waals surface area contributed by atoms with Crippen LogP contribution in [-0.2, 0) is 0 Å². The van der Waals surface area contributed by atoms with Gasteiger partial charge in [0.2, 0.25) is 0 Å². The highest BCUT2D eigenvalue weighted by Crippen LogP contribution is 2.29. The lowest BCUT2D eigenvalue weighted by molar-refractivity contribution is 0.625. The van der Waals surface area contributed by atoms with Crippen molar-refractivity contribution in [2.24, 2.45) is 0 Å². The number of halogens is 1. The van der Waals surface area contributed by atoms with Gasteiger partial charge in [0.25, 0.3) is 0 Å². The van der Waals surface area contributed by atoms with Gasteiger partial charge in [-0.25, -0.2) is 0 Å². The van der Waals surface area contributed by atoms with E-state index in [1.54, 1.807) is 0 Å². The average Bonchev–Trinajstić information content (AvgIpc) is 2.42. The molecule has 0 saturated heterocycles. The van der Waals surface area contributed by atoms with Gasteiger partial charge in [-0.2, -0.15) is 0 Å². The summed E-state index contributed by atoms with van der Waals surface area (Å²) in [6, 6.07) is 13.5. The summed E-state index contributed by atoms with van der Waals surface area (Å²) < 4.78 is 1.31. The second-order valence-electron chi connectivity index (χ2n) is 5.31. The maximum Gasteiger partial charge on any atom is 0.0589 e. The molecule has 0 aliphatic carbocycles. The van der Waals surface area contributed by atoms with E-state index in [-0.39, 0.29) is 6.04 Å². The second-order valence-corrected chi connectivity index (χ2v) is 6.47. The van der Waals surface area contributed by atoms with E-state index in [0.717, 1.165) is 6.54 Å². The van der Waals surface area contributed by atoms with Crippen LogP contribution in [0.5, 0.6) is 0 Å². The summed E-state index contributed by atoms with van der Waals surface area (Å²) in [5, 5.41) is 3.64. The second kappa shape index (κ2) is 6.72. The van der Waals surface area contributed by atoms with Gasteiger partial charge in [-0.05, 0) is 83.8 Å². The third-order valence-corrected chi connectivity index (χ3v) is 4.80. The lowest BCUT2D eigenvalue weighted by Crippen LogP contribution is -2.23. The molecule has 1 nitrogen and oxygen atoms in total. The van der Waals surface area contributed by atoms with Crippen molar-refractivity contribution in [1.82, 2.24) is 5.32 Å². The van der Waals surface area contributed by atoms with Crippen LogP contribution in [0.3, 0.4) is 0 Å². The predicted octanol–water partition coefficient (Wildman–Crippen LogP) is 4.92. The van der Waals surface area contributed by atoms with Crippen molar-refractivity contribution >= 4 is 22.6 Å². The molecule has 0 aromatic heterocycles. The molecule has 106 valence electrons. The van der Waals surface area contributed by atoms with Crippen LogP contribution in [0.1, 0.15) is 40.8 Å². The fourth-order valence-corrected chi connectivity index (χ4v) is 3.29. The molecular formula is C18H22IN. The summed E-state index contributed by atoms with van der Waals surface area (Å²) in [6.45, 7) is 9.71. The summed E-state index contributed by atoms with van der Waals surface area (Å²) in [4.78, 5) is 0. The van der Waals surface area contributed by atoms with Gasteiger partial charge in [0, 0.05) is 3.57 Å². The molecule has 0 aliphatic heterocycles. The van der Waals surface area contributed by atoms with E-state index >= 15 is 0 Å². The monoisotopic (exact) mass is 379 g/mol. The molecule has 0 amide bonds. The van der Waals surface area contributed by atoms with Crippen LogP contribution in [0, 0.1) is 24.3 Å². The van der Waals surface area contributed by atoms with E-state index in [9.17, 15) is 0 Å². The molecule has 1 atom stereocenters. The van der Waals surface area contributed by atoms with Gasteiger partial charge in [0.15, 0.2) is 0 Å². The first-order valence-electron chi connectivity index (χ1n) is 7.10. The molecule has 0 saturated carbocycles. The van der Waals surface area contributed by atoms with Gasteiger partial charge in [0.1, 0.15) is 0 Å². The van der Waals surface area contributed by atoms with Crippen LogP contribution in [0.15, 0.2) is 36.4 Å². The number of rotatable bonds is 4. The highest BCUT2D eigenvalue weighted by atomic mass is 127. The zero-order valence-electron chi connectivity index (χ0n) is 12.6. The molecule has 2 aromatic rings. The van der Waals surface area contributed by atoms with Crippen LogP contribution in [0.25, 0.3) is 0 Å². The predicted molar refractivity (Wildman–Crippen MR) is 95.3 cm³/mol. The third kappa shape index (κ3) is 3.23. The molecule has 20 heavy (non-hydrogen) atoms. The fraction of sp³-hybridized carbons (Fsp3) is 0.333. The number of hydrogen-bond acceptors (Lipinski definition) is 1. The highest BCUT2D eigenvalue weighted by molar-refractivity contribution is 14.1. The first kappa shape index (κ1) is 15.5. The molecule has 1 unspecified atom stereocenters. The molecule has 0 aliphatic rings. The Labute approximate surface area is 135 Å². The summed E-state index contributed by atoms with van der Waals surface area (Å²) >= 11 is 2.43. The van der Waals surface area contributed by atoms with Crippen molar-refractivity contribution in [3.8, 4) is 0 Å². The van der Waals surface area contributed by atoms with Crippen molar-refractivity contribution < 1.29 is 0 Å². The minimum absolute atomic E-state index is 0.271. The normalized spacial score (nSPS) is 12.4. The topological polar surface area (TPSA) is 12.0 Å². The molecule has 2 aromatic carbocycles. The highest BCUT2D eigenvalue weighted by Gasteiger charge is 2.18. The van der Waals surface area contributed by atoms with Gasteiger partial charge in [-0.15, -0.1) is 0 Å². The van der Waals surface area contributed by atoms with Crippen molar-refractivity contribution in [3.63, 3.8) is 0 Å². The van der Waals surface area contributed by atoms with Gasteiger partial charge >= 0.3 is 0 Å². The van der Waals surface area contributed by atoms with Gasteiger partial charge in [0.05, 0.1) is 6.04 Å². The standard InChI is InChI=1S/C18H22IN/c1-5-20-18(15-8-6-7-9-17(15)19)16-11-13(3)12(2)10-14(16)4/h6-11,18,20H,5H2,1-4H3. The lowest BCUT2D eigenvalue weighted by atomic mass is 9.91. The van der Waals surface area contributed by atoms with E-state index in [0.29, 0.717) is 0 Å². The minimum Gasteiger partial charge on any atom is -0.306 e. The zero-order valence-corrected chi connectivity index (χ0v) is 14.8. The number of aryl methyl sites for hydroxylation is 3. The smallest absolute Gasteiger partial charge is 0.0589 e. The van der Waals surface area contributed by atoms with Crippen molar-refractivity contribution in [3.05, 3.63) is 67.8 Å². The number of benzene rings is 2. The Balaban J connectivity index is 2.54. The van der Waals surface area contributed by atoms with Crippen LogP contribution in [0.2, 0.25) is 0 Å². The van der Waals surface area contributed by atoms with E-state index in [1.165, 1.54) is 31.4 Å². The first-order valence-corrected chi connectivity index (χ1v) is 8.18. The summed E-state index contributed by atoms with van der Waals surface area (Å²) in [5.74, 6) is 0. The number of nitrogens with one attached hydrogen (secondary N) is 1. The van der Waals surface area contributed by atoms with Gasteiger partial charge in [-0.1, -0.05) is 37.3 Å². The maximum atomic E-state index is 3.64. The van der Waals surface area contributed by atoms with E-state index in [2.05, 4.69) is 92.0 Å². The SMILES string of the molecule is CCNC(c1cc(C)c(C)cc1C)c1ccccc1I. The molecule has 0 fully saturated rings. The van der Waals surface area contributed by atoms with Crippen molar-refractivity contribution in [2.45, 2.75) is 33.7 Å². The lowest BCUT2D eigenvalue weighted by Gasteiger charge is -2.23. The van der Waals surface area contributed by atoms with E-state index in [1.807, 2.05) is 0 Å². The fourth-order valence-electron chi connectivity index (χ4n) is 2.59. The molecule has 0 bridgehead atoms. The molecule has 0 spiro atoms. The third-order valence-electron chi connectivity index (χ3n) is 3.82. The van der Waals surface area contributed by atoms with E-state index < -0.39 is 0 Å². The Morgan fingerprint density at radius 3 is 2.25 bits per heavy atom. The van der Waals surface area contributed by atoms with Crippen LogP contribution in [-0.4, -0.2) is 6.54 Å². The Morgan fingerprint density at radius 1 is 0.950 bits per heavy atom. The Kier molecular flexibility index (Phi) is 5.22. The van der Waals surface area contributed by atoms with Crippen LogP contribution < -0.4 is 5.32 Å². The number of hydrogen-bond donors (Lipinski definition) is 1. The van der Waals surface area contributed by atoms with Gasteiger partial charge in [-0.3, -0.25) is 0 Å².